The first-order chi connectivity index (χ1) is 25.8. The van der Waals surface area contributed by atoms with Crippen LogP contribution in [0.1, 0.15) is 92.6 Å². The van der Waals surface area contributed by atoms with Crippen LogP contribution in [0, 0.1) is 22.7 Å². The van der Waals surface area contributed by atoms with Crippen LogP contribution in [0.4, 0.5) is 0 Å². The van der Waals surface area contributed by atoms with E-state index in [4.69, 9.17) is 9.47 Å². The summed E-state index contributed by atoms with van der Waals surface area (Å²) in [6.07, 6.45) is 31.2. The zero-order valence-electron chi connectivity index (χ0n) is 32.0. The van der Waals surface area contributed by atoms with E-state index >= 15 is 0 Å². The fourth-order valence-corrected chi connectivity index (χ4v) is 6.90. The lowest BCUT2D eigenvalue weighted by Gasteiger charge is -2.36. The van der Waals surface area contributed by atoms with Crippen molar-refractivity contribution in [2.45, 2.75) is 97.3 Å². The van der Waals surface area contributed by atoms with E-state index in [0.717, 1.165) is 6.42 Å². The number of rotatable bonds is 6. The minimum atomic E-state index is -0.822. The number of nitrogens with zero attached hydrogens (tertiary/aromatic N) is 2. The Morgan fingerprint density at radius 2 is 1.41 bits per heavy atom. The molecule has 0 spiro atoms. The van der Waals surface area contributed by atoms with Crippen molar-refractivity contribution in [3.63, 3.8) is 0 Å². The first-order valence-electron chi connectivity index (χ1n) is 18.7. The fraction of sp³-hybridized carbons (Fsp3) is 0.442. The second-order valence-electron chi connectivity index (χ2n) is 15.2. The molecule has 0 aromatic carbocycles. The molecule has 2 aromatic rings. The van der Waals surface area contributed by atoms with Gasteiger partial charge in [0, 0.05) is 41.1 Å². The molecule has 4 bridgehead atoms. The Balaban J connectivity index is 1.35. The van der Waals surface area contributed by atoms with E-state index in [0.29, 0.717) is 35.5 Å². The van der Waals surface area contributed by atoms with Gasteiger partial charge in [-0.25, -0.2) is 19.6 Å². The van der Waals surface area contributed by atoms with Crippen LogP contribution in [0.25, 0.3) is 12.2 Å². The molecule has 0 radical (unpaired) electrons. The molecule has 8 atom stereocenters. The summed E-state index contributed by atoms with van der Waals surface area (Å²) in [5.41, 5.74) is -1.05. The average molecular weight is 755 g/mol. The number of hydrogen-bond acceptors (Lipinski definition) is 10. The number of hydrogen-bond donors (Lipinski definition) is 4. The fourth-order valence-electron chi connectivity index (χ4n) is 6.21. The van der Waals surface area contributed by atoms with Crippen LogP contribution in [0.3, 0.4) is 0 Å². The molecule has 1 saturated heterocycles. The van der Waals surface area contributed by atoms with Gasteiger partial charge in [0.1, 0.15) is 28.7 Å². The Morgan fingerprint density at radius 3 is 2.09 bits per heavy atom. The van der Waals surface area contributed by atoms with Crippen molar-refractivity contribution in [2.75, 3.05) is 0 Å². The van der Waals surface area contributed by atoms with E-state index < -0.39 is 47.2 Å². The van der Waals surface area contributed by atoms with Gasteiger partial charge in [-0.3, -0.25) is 0 Å². The number of fused-ring (bicyclic) bond motifs is 6. The molecule has 2 fully saturated rings. The third kappa shape index (κ3) is 10.8. The molecule has 0 unspecified atom stereocenters. The normalized spacial score (nSPS) is 30.5. The number of esters is 2. The number of ether oxygens (including phenoxy) is 2. The first kappa shape index (κ1) is 40.8. The van der Waals surface area contributed by atoms with E-state index in [-0.39, 0.29) is 23.5 Å². The summed E-state index contributed by atoms with van der Waals surface area (Å²) in [6, 6.07) is 0.261. The summed E-state index contributed by atoms with van der Waals surface area (Å²) < 4.78 is 12.1. The number of cyclic esters (lactones) is 2. The van der Waals surface area contributed by atoms with E-state index in [9.17, 15) is 19.8 Å². The lowest BCUT2D eigenvalue weighted by Crippen LogP contribution is -2.42. The first-order valence-corrected chi connectivity index (χ1v) is 19.5. The van der Waals surface area contributed by atoms with E-state index in [2.05, 4.69) is 32.4 Å². The van der Waals surface area contributed by atoms with Crippen molar-refractivity contribution in [1.82, 2.24) is 20.3 Å². The second kappa shape index (κ2) is 18.3. The highest BCUT2D eigenvalue weighted by molar-refractivity contribution is 7.10. The quantitative estimate of drug-likeness (QED) is 0.133. The van der Waals surface area contributed by atoms with Crippen LogP contribution in [-0.2, 0) is 9.47 Å². The number of aromatic amines is 1. The maximum Gasteiger partial charge on any atom is 0.358 e. The van der Waals surface area contributed by atoms with Crippen LogP contribution in [0.5, 0.6) is 0 Å². The Kier molecular flexibility index (Phi) is 13.8. The Bertz CT molecular complexity index is 1710. The van der Waals surface area contributed by atoms with Crippen LogP contribution in [0.2, 0.25) is 0 Å². The summed E-state index contributed by atoms with van der Waals surface area (Å²) in [5.74, 6) is 0.207. The van der Waals surface area contributed by atoms with Crippen molar-refractivity contribution in [2.24, 2.45) is 22.7 Å². The molecule has 0 amide bonds. The second-order valence-corrected chi connectivity index (χ2v) is 16.1. The van der Waals surface area contributed by atoms with Crippen LogP contribution in [0.15, 0.2) is 96.6 Å². The Labute approximate surface area is 322 Å². The number of aliphatic hydroxyl groups excluding tert-OH is 2. The molecule has 4 heterocycles. The van der Waals surface area contributed by atoms with Crippen molar-refractivity contribution >= 4 is 35.4 Å². The smallest absolute Gasteiger partial charge is 0.358 e. The van der Waals surface area contributed by atoms with Crippen molar-refractivity contribution < 1.29 is 29.3 Å². The molecule has 4 N–H and O–H groups in total. The number of carbonyl (C=O) groups is 2. The average Bonchev–Trinajstić information content (AvgIpc) is 3.93. The van der Waals surface area contributed by atoms with Gasteiger partial charge in [-0.1, -0.05) is 113 Å². The van der Waals surface area contributed by atoms with E-state index in [1.54, 1.807) is 35.8 Å². The van der Waals surface area contributed by atoms with Crippen molar-refractivity contribution in [1.29, 1.82) is 0 Å². The molecule has 3 aliphatic rings. The Hall–Kier alpha value is -4.42. The number of aromatic nitrogens is 3. The molecule has 54 heavy (non-hydrogen) atoms. The predicted molar refractivity (Wildman–Crippen MR) is 214 cm³/mol. The summed E-state index contributed by atoms with van der Waals surface area (Å²) in [4.78, 5) is 38.5. The van der Waals surface area contributed by atoms with Gasteiger partial charge in [0.2, 0.25) is 0 Å². The maximum absolute atomic E-state index is 13.3. The van der Waals surface area contributed by atoms with Crippen molar-refractivity contribution in [3.8, 4) is 0 Å². The van der Waals surface area contributed by atoms with Gasteiger partial charge in [-0.2, -0.15) is 0 Å². The molecule has 1 saturated carbocycles. The zero-order valence-corrected chi connectivity index (χ0v) is 32.8. The minimum Gasteiger partial charge on any atom is -0.457 e. The summed E-state index contributed by atoms with van der Waals surface area (Å²) in [7, 11) is 0. The van der Waals surface area contributed by atoms with Crippen LogP contribution >= 0.6 is 11.3 Å². The number of imidazole rings is 1. The number of H-pyrrole nitrogens is 1. The number of allylic oxidation sites excluding steroid dienone is 8. The highest BCUT2D eigenvalue weighted by Crippen LogP contribution is 2.41. The number of thiazole rings is 1. The summed E-state index contributed by atoms with van der Waals surface area (Å²) in [6.45, 7) is 11.3. The topological polar surface area (TPSA) is 157 Å². The molecule has 11 heteroatoms. The van der Waals surface area contributed by atoms with Gasteiger partial charge in [-0.15, -0.1) is 11.3 Å². The van der Waals surface area contributed by atoms with Crippen LogP contribution < -0.4 is 5.32 Å². The van der Waals surface area contributed by atoms with Crippen molar-refractivity contribution in [3.05, 3.63) is 119 Å². The van der Waals surface area contributed by atoms with Gasteiger partial charge in [0.05, 0.1) is 18.4 Å². The van der Waals surface area contributed by atoms with E-state index in [1.165, 1.54) is 17.5 Å². The standard InChI is InChI=1S/C43H54N4O6S/c1-7-15-34(48)42(3,4)36-21-13-18-29-25-28(29)17-9-11-23-38-44-26-32(46-38)40(50)52-37(43(5,6)35(49)16-8-2)22-14-20-31-30(45-31)19-10-12-24-39-47-33(27-54-39)41(51)53-36/h7-20,23-24,26-31,34-37,45,48-49H,21-22,25H2,1-6H3,(H,44,46)/b15-7+,16-8+,17-9+,18-13-,19-10+,20-14-,23-11-,24-12-/t28-,29+,30+,31-,34+,35+,36+,37+/m1/s1. The molecule has 2 aromatic heterocycles. The number of aliphatic hydroxyl groups is 2. The Morgan fingerprint density at radius 1 is 0.815 bits per heavy atom. The number of carbonyl (C=O) groups excluding carboxylic acids is 2. The summed E-state index contributed by atoms with van der Waals surface area (Å²) >= 11 is 1.36. The molecule has 10 nitrogen and oxygen atoms in total. The number of nitrogens with one attached hydrogen (secondary N) is 2. The largest absolute Gasteiger partial charge is 0.457 e. The monoisotopic (exact) mass is 754 g/mol. The van der Waals surface area contributed by atoms with Gasteiger partial charge in [0.15, 0.2) is 5.69 Å². The van der Waals surface area contributed by atoms with Gasteiger partial charge < -0.3 is 30.0 Å². The molecular formula is C43H54N4O6S. The van der Waals surface area contributed by atoms with Gasteiger partial charge >= 0.3 is 11.9 Å². The zero-order chi connectivity index (χ0) is 38.9. The molecule has 1 aliphatic carbocycles. The lowest BCUT2D eigenvalue weighted by atomic mass is 9.79. The highest BCUT2D eigenvalue weighted by atomic mass is 32.1. The third-order valence-electron chi connectivity index (χ3n) is 10.4. The molecule has 5 rings (SSSR count). The minimum absolute atomic E-state index is 0.122. The van der Waals surface area contributed by atoms with Gasteiger partial charge in [-0.05, 0) is 44.3 Å². The van der Waals surface area contributed by atoms with Gasteiger partial charge in [0.25, 0.3) is 0 Å². The lowest BCUT2D eigenvalue weighted by molar-refractivity contribution is -0.0461. The maximum atomic E-state index is 13.3. The predicted octanol–water partition coefficient (Wildman–Crippen LogP) is 7.57. The highest BCUT2D eigenvalue weighted by Gasteiger charge is 2.40. The summed E-state index contributed by atoms with van der Waals surface area (Å²) in [5, 5.41) is 27.6. The van der Waals surface area contributed by atoms with E-state index in [1.807, 2.05) is 96.2 Å². The SMILES string of the molecule is C/C=C/[C@H](O)C(C)(C)[C@@H]1C/C=C\[C@H]2C[C@H]2/C=C/C=C\c2ncc([nH]2)C(=O)O[C@H](C(C)(C)[C@@H](O)/C=C/C)C/C=C\[C@H]2N[C@H]2/C=C/C=C\c2nc(cs2)C(=O)O1. The molecular weight excluding hydrogens is 701 g/mol. The third-order valence-corrected chi connectivity index (χ3v) is 11.2. The molecule has 2 aliphatic heterocycles. The molecule has 288 valence electrons. The van der Waals surface area contributed by atoms with Crippen LogP contribution in [-0.4, -0.2) is 73.6 Å².